The van der Waals surface area contributed by atoms with Crippen LogP contribution in [0.1, 0.15) is 6.92 Å². The van der Waals surface area contributed by atoms with Crippen LogP contribution in [0.4, 0.5) is 0 Å². The van der Waals surface area contributed by atoms with Crippen molar-refractivity contribution in [3.05, 3.63) is 36.5 Å². The van der Waals surface area contributed by atoms with Crippen LogP contribution >= 0.6 is 0 Å². The molecule has 0 saturated carbocycles. The van der Waals surface area contributed by atoms with Gasteiger partial charge in [0.2, 0.25) is 5.91 Å². The Morgan fingerprint density at radius 1 is 1.26 bits per heavy atom. The van der Waals surface area contributed by atoms with Gasteiger partial charge < -0.3 is 14.6 Å². The number of benzene rings is 1. The maximum atomic E-state index is 12.1. The predicted molar refractivity (Wildman–Crippen MR) is 71.8 cm³/mol. The quantitative estimate of drug-likeness (QED) is 0.887. The molecule has 5 heteroatoms. The summed E-state index contributed by atoms with van der Waals surface area (Å²) in [6.07, 6.45) is 1.84. The van der Waals surface area contributed by atoms with E-state index in [0.29, 0.717) is 6.54 Å². The molecule has 1 N–H and O–H groups in total. The van der Waals surface area contributed by atoms with Gasteiger partial charge in [0, 0.05) is 18.3 Å². The highest BCUT2D eigenvalue weighted by Gasteiger charge is 2.15. The molecule has 1 heterocycles. The van der Waals surface area contributed by atoms with Crippen LogP contribution in [0.15, 0.2) is 36.5 Å². The number of para-hydroxylation sites is 1. The number of carboxylic acids is 1. The molecule has 0 aliphatic heterocycles. The van der Waals surface area contributed by atoms with E-state index in [-0.39, 0.29) is 19.0 Å². The molecule has 0 saturated heterocycles. The van der Waals surface area contributed by atoms with Gasteiger partial charge in [0.05, 0.1) is 0 Å². The Bertz CT molecular complexity index is 604. The molecule has 1 amide bonds. The van der Waals surface area contributed by atoms with E-state index in [9.17, 15) is 9.59 Å². The first-order valence-corrected chi connectivity index (χ1v) is 6.15. The molecular formula is C14H16N2O3. The average molecular weight is 260 g/mol. The minimum atomic E-state index is -0.993. The van der Waals surface area contributed by atoms with Crippen molar-refractivity contribution in [1.82, 2.24) is 9.47 Å². The molecule has 0 fully saturated rings. The fraction of sp³-hybridized carbons (Fsp3) is 0.286. The second kappa shape index (κ2) is 5.56. The summed E-state index contributed by atoms with van der Waals surface area (Å²) in [5.74, 6) is -1.18. The highest BCUT2D eigenvalue weighted by molar-refractivity contribution is 5.84. The molecule has 1 aromatic carbocycles. The second-order valence-corrected chi connectivity index (χ2v) is 4.30. The molecule has 0 aliphatic carbocycles. The first kappa shape index (κ1) is 13.1. The molecule has 0 bridgehead atoms. The number of carbonyl (C=O) groups excluding carboxylic acids is 1. The Labute approximate surface area is 111 Å². The van der Waals surface area contributed by atoms with Gasteiger partial charge in [0.1, 0.15) is 13.1 Å². The van der Waals surface area contributed by atoms with Crippen LogP contribution in [-0.2, 0) is 16.1 Å². The molecule has 2 rings (SSSR count). The van der Waals surface area contributed by atoms with Crippen LogP contribution in [0.5, 0.6) is 0 Å². The second-order valence-electron chi connectivity index (χ2n) is 4.30. The highest BCUT2D eigenvalue weighted by atomic mass is 16.4. The lowest BCUT2D eigenvalue weighted by atomic mass is 10.2. The lowest BCUT2D eigenvalue weighted by Gasteiger charge is -2.19. The van der Waals surface area contributed by atoms with Crippen LogP contribution in [0.3, 0.4) is 0 Å². The molecule has 5 nitrogen and oxygen atoms in total. The molecule has 0 unspecified atom stereocenters. The van der Waals surface area contributed by atoms with Crippen LogP contribution in [-0.4, -0.2) is 39.5 Å². The van der Waals surface area contributed by atoms with Crippen molar-refractivity contribution in [1.29, 1.82) is 0 Å². The molecule has 0 aliphatic rings. The summed E-state index contributed by atoms with van der Waals surface area (Å²) in [6, 6.07) is 9.72. The first-order chi connectivity index (χ1) is 9.11. The normalized spacial score (nSPS) is 10.6. The van der Waals surface area contributed by atoms with Gasteiger partial charge in [-0.1, -0.05) is 18.2 Å². The third-order valence-electron chi connectivity index (χ3n) is 3.05. The Hall–Kier alpha value is -2.30. The number of aromatic nitrogens is 1. The zero-order valence-corrected chi connectivity index (χ0v) is 10.7. The van der Waals surface area contributed by atoms with E-state index in [1.54, 1.807) is 6.92 Å². The molecule has 19 heavy (non-hydrogen) atoms. The van der Waals surface area contributed by atoms with Gasteiger partial charge in [-0.25, -0.2) is 0 Å². The topological polar surface area (TPSA) is 62.5 Å². The Morgan fingerprint density at radius 2 is 2.00 bits per heavy atom. The Kier molecular flexibility index (Phi) is 3.85. The number of aliphatic carboxylic acids is 1. The minimum absolute atomic E-state index is 0.161. The summed E-state index contributed by atoms with van der Waals surface area (Å²) >= 11 is 0. The average Bonchev–Trinajstić information content (AvgIpc) is 2.79. The minimum Gasteiger partial charge on any atom is -0.480 e. The van der Waals surface area contributed by atoms with Crippen molar-refractivity contribution in [3.8, 4) is 0 Å². The molecule has 1 aromatic heterocycles. The fourth-order valence-electron chi connectivity index (χ4n) is 2.06. The van der Waals surface area contributed by atoms with E-state index in [4.69, 9.17) is 5.11 Å². The van der Waals surface area contributed by atoms with E-state index in [1.165, 1.54) is 4.90 Å². The van der Waals surface area contributed by atoms with Gasteiger partial charge in [-0.15, -0.1) is 0 Å². The summed E-state index contributed by atoms with van der Waals surface area (Å²) in [5, 5.41) is 9.83. The van der Waals surface area contributed by atoms with Crippen molar-refractivity contribution in [2.24, 2.45) is 0 Å². The third kappa shape index (κ3) is 2.93. The summed E-state index contributed by atoms with van der Waals surface area (Å²) in [5.41, 5.74) is 0.974. The molecule has 0 spiro atoms. The summed E-state index contributed by atoms with van der Waals surface area (Å²) in [4.78, 5) is 24.1. The zero-order chi connectivity index (χ0) is 13.8. The van der Waals surface area contributed by atoms with Gasteiger partial charge in [0.15, 0.2) is 0 Å². The van der Waals surface area contributed by atoms with Crippen LogP contribution < -0.4 is 0 Å². The van der Waals surface area contributed by atoms with E-state index in [0.717, 1.165) is 10.9 Å². The number of nitrogens with zero attached hydrogens (tertiary/aromatic N) is 2. The van der Waals surface area contributed by atoms with Crippen LogP contribution in [0.2, 0.25) is 0 Å². The van der Waals surface area contributed by atoms with Gasteiger partial charge in [-0.05, 0) is 24.4 Å². The monoisotopic (exact) mass is 260 g/mol. The largest absolute Gasteiger partial charge is 0.480 e. The van der Waals surface area contributed by atoms with Crippen molar-refractivity contribution in [3.63, 3.8) is 0 Å². The number of rotatable bonds is 5. The maximum absolute atomic E-state index is 12.1. The summed E-state index contributed by atoms with van der Waals surface area (Å²) in [6.45, 7) is 2.07. The molecular weight excluding hydrogens is 244 g/mol. The zero-order valence-electron chi connectivity index (χ0n) is 10.7. The smallest absolute Gasteiger partial charge is 0.323 e. The SMILES string of the molecule is CCN(CC(=O)O)C(=O)Cn1ccc2ccccc21. The first-order valence-electron chi connectivity index (χ1n) is 6.15. The Balaban J connectivity index is 2.16. The van der Waals surface area contributed by atoms with Crippen LogP contribution in [0.25, 0.3) is 10.9 Å². The standard InChI is InChI=1S/C14H16N2O3/c1-2-15(10-14(18)19)13(17)9-16-8-7-11-5-3-4-6-12(11)16/h3-8H,2,9-10H2,1H3,(H,18,19). The van der Waals surface area contributed by atoms with Gasteiger partial charge in [-0.2, -0.15) is 0 Å². The molecule has 2 aromatic rings. The van der Waals surface area contributed by atoms with Crippen molar-refractivity contribution in [2.45, 2.75) is 13.5 Å². The van der Waals surface area contributed by atoms with E-state index < -0.39 is 5.97 Å². The van der Waals surface area contributed by atoms with E-state index in [2.05, 4.69) is 0 Å². The number of carboxylic acid groups (broad SMARTS) is 1. The fourth-order valence-corrected chi connectivity index (χ4v) is 2.06. The number of amides is 1. The number of hydrogen-bond acceptors (Lipinski definition) is 2. The highest BCUT2D eigenvalue weighted by Crippen LogP contribution is 2.15. The lowest BCUT2D eigenvalue weighted by molar-refractivity contribution is -0.144. The van der Waals surface area contributed by atoms with Crippen molar-refractivity contribution >= 4 is 22.8 Å². The predicted octanol–water partition coefficient (Wildman–Crippen LogP) is 1.57. The van der Waals surface area contributed by atoms with Crippen molar-refractivity contribution in [2.75, 3.05) is 13.1 Å². The van der Waals surface area contributed by atoms with Gasteiger partial charge in [0.25, 0.3) is 0 Å². The number of fused-ring (bicyclic) bond motifs is 1. The van der Waals surface area contributed by atoms with Gasteiger partial charge >= 0.3 is 5.97 Å². The molecule has 100 valence electrons. The molecule has 0 atom stereocenters. The van der Waals surface area contributed by atoms with Gasteiger partial charge in [-0.3, -0.25) is 9.59 Å². The third-order valence-corrected chi connectivity index (χ3v) is 3.05. The van der Waals surface area contributed by atoms with E-state index >= 15 is 0 Å². The lowest BCUT2D eigenvalue weighted by Crippen LogP contribution is -2.37. The molecule has 0 radical (unpaired) electrons. The Morgan fingerprint density at radius 3 is 2.68 bits per heavy atom. The van der Waals surface area contributed by atoms with Crippen LogP contribution in [0, 0.1) is 0 Å². The summed E-state index contributed by atoms with van der Waals surface area (Å²) in [7, 11) is 0. The maximum Gasteiger partial charge on any atom is 0.323 e. The number of carbonyl (C=O) groups is 2. The summed E-state index contributed by atoms with van der Waals surface area (Å²) < 4.78 is 1.84. The number of likely N-dealkylation sites (N-methyl/N-ethyl adjacent to an activating group) is 1. The van der Waals surface area contributed by atoms with Crippen molar-refractivity contribution < 1.29 is 14.7 Å². The number of hydrogen-bond donors (Lipinski definition) is 1. The van der Waals surface area contributed by atoms with E-state index in [1.807, 2.05) is 41.1 Å².